The third-order valence-corrected chi connectivity index (χ3v) is 3.73. The van der Waals surface area contributed by atoms with Gasteiger partial charge in [-0.1, -0.05) is 13.8 Å². The summed E-state index contributed by atoms with van der Waals surface area (Å²) in [5, 5.41) is 10.7. The summed E-state index contributed by atoms with van der Waals surface area (Å²) in [5.41, 5.74) is 0.923. The Labute approximate surface area is 149 Å². The molecule has 3 rings (SSSR count). The van der Waals surface area contributed by atoms with Gasteiger partial charge in [0.05, 0.1) is 16.4 Å². The molecular formula is C19H15NO6. The Morgan fingerprint density at radius 3 is 2.50 bits per heavy atom. The number of ether oxygens (including phenoxy) is 2. The minimum Gasteiger partial charge on any atom is -0.452 e. The molecule has 2 aromatic rings. The molecule has 1 aliphatic rings. The van der Waals surface area contributed by atoms with Crippen LogP contribution in [0.15, 0.2) is 48.2 Å². The number of ketones is 1. The average molecular weight is 353 g/mol. The SMILES string of the molecule is CC(C)C(=O)Oc1ccc2c(c1)OC(=Cc1ccc([N+](=O)[O-])cc1)C2=O. The highest BCUT2D eigenvalue weighted by Gasteiger charge is 2.28. The monoisotopic (exact) mass is 353 g/mol. The molecule has 7 nitrogen and oxygen atoms in total. The Morgan fingerprint density at radius 2 is 1.88 bits per heavy atom. The predicted octanol–water partition coefficient (Wildman–Crippen LogP) is 3.77. The van der Waals surface area contributed by atoms with Gasteiger partial charge in [-0.15, -0.1) is 0 Å². The first kappa shape index (κ1) is 17.3. The second-order valence-electron chi connectivity index (χ2n) is 6.02. The van der Waals surface area contributed by atoms with Crippen LogP contribution in [-0.2, 0) is 4.79 Å². The molecule has 0 fully saturated rings. The number of non-ortho nitro benzene ring substituents is 1. The van der Waals surface area contributed by atoms with Gasteiger partial charge in [0.25, 0.3) is 5.69 Å². The Bertz CT molecular complexity index is 928. The molecule has 7 heteroatoms. The summed E-state index contributed by atoms with van der Waals surface area (Å²) < 4.78 is 10.8. The van der Waals surface area contributed by atoms with E-state index in [1.807, 2.05) is 0 Å². The Hall–Kier alpha value is -3.48. The first-order valence-electron chi connectivity index (χ1n) is 7.89. The highest BCUT2D eigenvalue weighted by Crippen LogP contribution is 2.35. The van der Waals surface area contributed by atoms with Crippen LogP contribution in [-0.4, -0.2) is 16.7 Å². The summed E-state index contributed by atoms with van der Waals surface area (Å²) in [7, 11) is 0. The van der Waals surface area contributed by atoms with Crippen molar-refractivity contribution in [2.24, 2.45) is 5.92 Å². The number of nitrogens with zero attached hydrogens (tertiary/aromatic N) is 1. The molecule has 0 saturated carbocycles. The molecule has 132 valence electrons. The Balaban J connectivity index is 1.82. The quantitative estimate of drug-likeness (QED) is 0.273. The third-order valence-electron chi connectivity index (χ3n) is 3.73. The molecule has 0 aromatic heterocycles. The summed E-state index contributed by atoms with van der Waals surface area (Å²) in [6.07, 6.45) is 1.51. The van der Waals surface area contributed by atoms with E-state index in [1.54, 1.807) is 13.8 Å². The number of allylic oxidation sites excluding steroid dienone is 1. The van der Waals surface area contributed by atoms with Crippen molar-refractivity contribution in [2.75, 3.05) is 0 Å². The van der Waals surface area contributed by atoms with Gasteiger partial charge in [0, 0.05) is 18.2 Å². The fourth-order valence-electron chi connectivity index (χ4n) is 2.31. The van der Waals surface area contributed by atoms with E-state index >= 15 is 0 Å². The zero-order chi connectivity index (χ0) is 18.8. The molecule has 0 amide bonds. The number of carbonyl (C=O) groups is 2. The van der Waals surface area contributed by atoms with Crippen LogP contribution in [0, 0.1) is 16.0 Å². The van der Waals surface area contributed by atoms with Crippen molar-refractivity contribution < 1.29 is 24.0 Å². The van der Waals surface area contributed by atoms with Gasteiger partial charge in [0.1, 0.15) is 11.5 Å². The van der Waals surface area contributed by atoms with Crippen LogP contribution >= 0.6 is 0 Å². The van der Waals surface area contributed by atoms with Crippen LogP contribution in [0.2, 0.25) is 0 Å². The molecule has 26 heavy (non-hydrogen) atoms. The lowest BCUT2D eigenvalue weighted by molar-refractivity contribution is -0.384. The lowest BCUT2D eigenvalue weighted by atomic mass is 10.1. The molecule has 2 aromatic carbocycles. The van der Waals surface area contributed by atoms with Gasteiger partial charge in [-0.05, 0) is 35.9 Å². The van der Waals surface area contributed by atoms with Crippen molar-refractivity contribution in [3.05, 3.63) is 69.5 Å². The summed E-state index contributed by atoms with van der Waals surface area (Å²) in [6, 6.07) is 10.3. The van der Waals surface area contributed by atoms with Crippen LogP contribution in [0.3, 0.4) is 0 Å². The Kier molecular flexibility index (Phi) is 4.53. The number of esters is 1. The zero-order valence-electron chi connectivity index (χ0n) is 14.1. The van der Waals surface area contributed by atoms with Crippen molar-refractivity contribution in [1.82, 2.24) is 0 Å². The molecule has 0 atom stereocenters. The normalized spacial score (nSPS) is 14.3. The molecule has 0 radical (unpaired) electrons. The van der Waals surface area contributed by atoms with E-state index in [2.05, 4.69) is 0 Å². The lowest BCUT2D eigenvalue weighted by Gasteiger charge is -2.07. The minimum atomic E-state index is -0.496. The van der Waals surface area contributed by atoms with Crippen LogP contribution in [0.4, 0.5) is 5.69 Å². The molecule has 0 saturated heterocycles. The van der Waals surface area contributed by atoms with Crippen LogP contribution in [0.1, 0.15) is 29.8 Å². The molecule has 0 N–H and O–H groups in total. The van der Waals surface area contributed by atoms with Gasteiger partial charge in [-0.25, -0.2) is 0 Å². The maximum Gasteiger partial charge on any atom is 0.313 e. The number of Topliss-reactive ketones (excluding diaryl/α,β-unsaturated/α-hetero) is 1. The summed E-state index contributed by atoms with van der Waals surface area (Å²) >= 11 is 0. The third kappa shape index (κ3) is 3.46. The molecule has 0 spiro atoms. The number of hydrogen-bond donors (Lipinski definition) is 0. The van der Waals surface area contributed by atoms with E-state index in [-0.39, 0.29) is 29.1 Å². The van der Waals surface area contributed by atoms with E-state index in [9.17, 15) is 19.7 Å². The molecule has 0 unspecified atom stereocenters. The van der Waals surface area contributed by atoms with Gasteiger partial charge in [0.2, 0.25) is 5.78 Å². The second kappa shape index (κ2) is 6.79. The first-order chi connectivity index (χ1) is 12.3. The summed E-state index contributed by atoms with van der Waals surface area (Å²) in [5.74, 6) is -0.260. The van der Waals surface area contributed by atoms with Crippen LogP contribution < -0.4 is 9.47 Å². The fraction of sp³-hybridized carbons (Fsp3) is 0.158. The van der Waals surface area contributed by atoms with Crippen molar-refractivity contribution in [1.29, 1.82) is 0 Å². The van der Waals surface area contributed by atoms with Crippen molar-refractivity contribution in [2.45, 2.75) is 13.8 Å². The summed E-state index contributed by atoms with van der Waals surface area (Å²) in [6.45, 7) is 3.45. The topological polar surface area (TPSA) is 95.7 Å². The largest absolute Gasteiger partial charge is 0.452 e. The van der Waals surface area contributed by atoms with Crippen LogP contribution in [0.5, 0.6) is 11.5 Å². The van der Waals surface area contributed by atoms with E-state index in [0.29, 0.717) is 22.6 Å². The van der Waals surface area contributed by atoms with Crippen molar-refractivity contribution >= 4 is 23.5 Å². The molecule has 0 aliphatic carbocycles. The molecule has 1 aliphatic heterocycles. The highest BCUT2D eigenvalue weighted by molar-refractivity contribution is 6.14. The molecule has 1 heterocycles. The summed E-state index contributed by atoms with van der Waals surface area (Å²) in [4.78, 5) is 34.3. The minimum absolute atomic E-state index is 0.0364. The van der Waals surface area contributed by atoms with Crippen molar-refractivity contribution in [3.63, 3.8) is 0 Å². The van der Waals surface area contributed by atoms with E-state index in [1.165, 1.54) is 48.5 Å². The smallest absolute Gasteiger partial charge is 0.313 e. The van der Waals surface area contributed by atoms with E-state index in [0.717, 1.165) is 0 Å². The first-order valence-corrected chi connectivity index (χ1v) is 7.89. The predicted molar refractivity (Wildman–Crippen MR) is 92.9 cm³/mol. The maximum absolute atomic E-state index is 12.4. The highest BCUT2D eigenvalue weighted by atomic mass is 16.6. The average Bonchev–Trinajstić information content (AvgIpc) is 2.90. The number of carbonyl (C=O) groups excluding carboxylic acids is 2. The fourth-order valence-corrected chi connectivity index (χ4v) is 2.31. The van der Waals surface area contributed by atoms with Gasteiger partial charge < -0.3 is 9.47 Å². The number of fused-ring (bicyclic) bond motifs is 1. The Morgan fingerprint density at radius 1 is 1.19 bits per heavy atom. The standard InChI is InChI=1S/C19H15NO6/c1-11(2)19(22)25-14-7-8-15-16(10-14)26-17(18(15)21)9-12-3-5-13(6-4-12)20(23)24/h3-11H,1-2H3. The number of nitro groups is 1. The van der Waals surface area contributed by atoms with E-state index in [4.69, 9.17) is 9.47 Å². The van der Waals surface area contributed by atoms with Crippen LogP contribution in [0.25, 0.3) is 6.08 Å². The lowest BCUT2D eigenvalue weighted by Crippen LogP contribution is -2.14. The van der Waals surface area contributed by atoms with Gasteiger partial charge in [-0.3, -0.25) is 19.7 Å². The van der Waals surface area contributed by atoms with Crippen molar-refractivity contribution in [3.8, 4) is 11.5 Å². The van der Waals surface area contributed by atoms with Gasteiger partial charge in [-0.2, -0.15) is 0 Å². The molecule has 0 bridgehead atoms. The van der Waals surface area contributed by atoms with Gasteiger partial charge >= 0.3 is 5.97 Å². The molecular weight excluding hydrogens is 338 g/mol. The maximum atomic E-state index is 12.4. The van der Waals surface area contributed by atoms with Gasteiger partial charge in [0.15, 0.2) is 5.76 Å². The number of nitro benzene ring substituents is 1. The number of hydrogen-bond acceptors (Lipinski definition) is 6. The second-order valence-corrected chi connectivity index (χ2v) is 6.02. The number of rotatable bonds is 4. The zero-order valence-corrected chi connectivity index (χ0v) is 14.1. The number of benzene rings is 2. The van der Waals surface area contributed by atoms with E-state index < -0.39 is 4.92 Å².